The van der Waals surface area contributed by atoms with E-state index in [9.17, 15) is 4.57 Å². The predicted molar refractivity (Wildman–Crippen MR) is 150 cm³/mol. The second-order valence-electron chi connectivity index (χ2n) is 9.01. The van der Waals surface area contributed by atoms with Gasteiger partial charge in [0.1, 0.15) is 0 Å². The lowest BCUT2D eigenvalue weighted by atomic mass is 9.95. The third kappa shape index (κ3) is 3.62. The lowest BCUT2D eigenvalue weighted by molar-refractivity contribution is 0.592. The summed E-state index contributed by atoms with van der Waals surface area (Å²) in [6.45, 7) is 0. The van der Waals surface area contributed by atoms with E-state index >= 15 is 0 Å². The molecular weight excluding hydrogens is 445 g/mol. The predicted octanol–water partition coefficient (Wildman–Crippen LogP) is 6.68. The van der Waals surface area contributed by atoms with Gasteiger partial charge in [-0.25, -0.2) is 0 Å². The molecule has 5 aromatic rings. The summed E-state index contributed by atoms with van der Waals surface area (Å²) in [6, 6.07) is 41.1. The summed E-state index contributed by atoms with van der Waals surface area (Å²) in [4.78, 5) is 2.35. The van der Waals surface area contributed by atoms with Crippen molar-refractivity contribution in [1.82, 2.24) is 0 Å². The van der Waals surface area contributed by atoms with Gasteiger partial charge in [0.2, 0.25) is 0 Å². The van der Waals surface area contributed by atoms with Gasteiger partial charge < -0.3 is 9.46 Å². The van der Waals surface area contributed by atoms with Crippen LogP contribution in [0.4, 0.5) is 5.69 Å². The molecule has 0 fully saturated rings. The van der Waals surface area contributed by atoms with Crippen molar-refractivity contribution in [2.75, 3.05) is 11.9 Å². The van der Waals surface area contributed by atoms with Crippen LogP contribution in [0, 0.1) is 0 Å². The zero-order valence-electron chi connectivity index (χ0n) is 19.6. The number of likely N-dealkylation sites (N-methyl/N-ethyl adjacent to an activating group) is 1. The highest BCUT2D eigenvalue weighted by Gasteiger charge is 2.30. The van der Waals surface area contributed by atoms with Crippen LogP contribution in [0.2, 0.25) is 0 Å². The van der Waals surface area contributed by atoms with Gasteiger partial charge >= 0.3 is 0 Å². The zero-order valence-corrected chi connectivity index (χ0v) is 20.5. The maximum absolute atomic E-state index is 14.7. The lowest BCUT2D eigenvalue weighted by Crippen LogP contribution is -2.27. The van der Waals surface area contributed by atoms with Gasteiger partial charge in [-0.05, 0) is 16.5 Å². The minimum atomic E-state index is -2.97. The Morgan fingerprint density at radius 3 is 1.86 bits per heavy atom. The molecule has 0 saturated heterocycles. The molecule has 1 atom stereocenters. The third-order valence-corrected chi connectivity index (χ3v) is 10.1. The van der Waals surface area contributed by atoms with Gasteiger partial charge in [-0.2, -0.15) is 0 Å². The summed E-state index contributed by atoms with van der Waals surface area (Å²) >= 11 is 0. The molecule has 1 heterocycles. The minimum Gasteiger partial charge on any atom is -0.363 e. The van der Waals surface area contributed by atoms with Crippen molar-refractivity contribution in [1.29, 1.82) is 0 Å². The van der Waals surface area contributed by atoms with E-state index < -0.39 is 7.14 Å². The summed E-state index contributed by atoms with van der Waals surface area (Å²) < 4.78 is 14.7. The number of hydrogen-bond donors (Lipinski definition) is 0. The fourth-order valence-electron chi connectivity index (χ4n) is 5.20. The Bertz CT molecular complexity index is 1530. The van der Waals surface area contributed by atoms with E-state index in [0.29, 0.717) is 0 Å². The van der Waals surface area contributed by atoms with E-state index in [1.807, 2.05) is 60.7 Å². The Kier molecular flexibility index (Phi) is 5.40. The Morgan fingerprint density at radius 2 is 1.20 bits per heavy atom. The van der Waals surface area contributed by atoms with Gasteiger partial charge in [0, 0.05) is 28.3 Å². The number of benzene rings is 5. The van der Waals surface area contributed by atoms with Crippen molar-refractivity contribution in [3.63, 3.8) is 0 Å². The SMILES string of the molecule is CN1c2c(ccc3ccccc23)C=CC1c1ccc(P(=O)(c2ccccc2)c2ccccc2)cc1. The van der Waals surface area contributed by atoms with Crippen molar-refractivity contribution in [2.45, 2.75) is 6.04 Å². The molecule has 0 aliphatic carbocycles. The van der Waals surface area contributed by atoms with Gasteiger partial charge in [0.15, 0.2) is 7.14 Å². The molecule has 35 heavy (non-hydrogen) atoms. The van der Waals surface area contributed by atoms with Crippen LogP contribution < -0.4 is 20.8 Å². The van der Waals surface area contributed by atoms with Crippen LogP contribution in [0.15, 0.2) is 127 Å². The van der Waals surface area contributed by atoms with Crippen LogP contribution in [-0.2, 0) is 4.57 Å². The van der Waals surface area contributed by atoms with Gasteiger partial charge in [-0.3, -0.25) is 0 Å². The first-order valence-corrected chi connectivity index (χ1v) is 13.6. The Morgan fingerprint density at radius 1 is 0.629 bits per heavy atom. The van der Waals surface area contributed by atoms with E-state index in [0.717, 1.165) is 15.9 Å². The molecule has 2 nitrogen and oxygen atoms in total. The van der Waals surface area contributed by atoms with Crippen molar-refractivity contribution >= 4 is 45.6 Å². The van der Waals surface area contributed by atoms with Gasteiger partial charge in [-0.1, -0.05) is 133 Å². The molecule has 0 radical (unpaired) electrons. The summed E-state index contributed by atoms with van der Waals surface area (Å²) in [6.07, 6.45) is 4.47. The fourth-order valence-corrected chi connectivity index (χ4v) is 7.85. The van der Waals surface area contributed by atoms with Gasteiger partial charge in [0.25, 0.3) is 0 Å². The van der Waals surface area contributed by atoms with Crippen LogP contribution >= 0.6 is 7.14 Å². The molecule has 1 unspecified atom stereocenters. The molecule has 1 aliphatic rings. The third-order valence-electron chi connectivity index (χ3n) is 7.00. The van der Waals surface area contributed by atoms with E-state index in [4.69, 9.17) is 0 Å². The van der Waals surface area contributed by atoms with E-state index in [1.165, 1.54) is 27.6 Å². The van der Waals surface area contributed by atoms with Gasteiger partial charge in [-0.15, -0.1) is 0 Å². The van der Waals surface area contributed by atoms with E-state index in [2.05, 4.69) is 84.8 Å². The maximum Gasteiger partial charge on any atom is 0.171 e. The highest BCUT2D eigenvalue weighted by atomic mass is 31.2. The Balaban J connectivity index is 1.41. The van der Waals surface area contributed by atoms with Crippen LogP contribution in [-0.4, -0.2) is 7.05 Å². The molecule has 170 valence electrons. The van der Waals surface area contributed by atoms with Crippen molar-refractivity contribution < 1.29 is 4.57 Å². The second-order valence-corrected chi connectivity index (χ2v) is 11.8. The maximum atomic E-state index is 14.7. The van der Waals surface area contributed by atoms with Crippen LogP contribution in [0.3, 0.4) is 0 Å². The summed E-state index contributed by atoms with van der Waals surface area (Å²) in [5.74, 6) is 0. The Labute approximate surface area is 206 Å². The van der Waals surface area contributed by atoms with Crippen molar-refractivity contribution in [2.24, 2.45) is 0 Å². The first kappa shape index (κ1) is 21.6. The van der Waals surface area contributed by atoms with Crippen LogP contribution in [0.25, 0.3) is 16.8 Å². The highest BCUT2D eigenvalue weighted by molar-refractivity contribution is 7.85. The van der Waals surface area contributed by atoms with Crippen molar-refractivity contribution in [3.05, 3.63) is 139 Å². The smallest absolute Gasteiger partial charge is 0.171 e. The summed E-state index contributed by atoms with van der Waals surface area (Å²) in [5.41, 5.74) is 3.66. The first-order valence-electron chi connectivity index (χ1n) is 11.9. The van der Waals surface area contributed by atoms with Crippen molar-refractivity contribution in [3.8, 4) is 0 Å². The zero-order chi connectivity index (χ0) is 23.8. The fraction of sp³-hybridized carbons (Fsp3) is 0.0625. The molecule has 1 aliphatic heterocycles. The number of rotatable bonds is 4. The molecular formula is C32H26NOP. The average molecular weight is 472 g/mol. The second kappa shape index (κ2) is 8.73. The minimum absolute atomic E-state index is 0.107. The average Bonchev–Trinajstić information content (AvgIpc) is 2.93. The molecule has 0 bridgehead atoms. The molecule has 0 spiro atoms. The highest BCUT2D eigenvalue weighted by Crippen LogP contribution is 2.43. The van der Waals surface area contributed by atoms with E-state index in [1.54, 1.807) is 0 Å². The quantitative estimate of drug-likeness (QED) is 0.273. The number of fused-ring (bicyclic) bond motifs is 3. The molecule has 0 amide bonds. The van der Waals surface area contributed by atoms with Crippen LogP contribution in [0.1, 0.15) is 17.2 Å². The Hall–Kier alpha value is -3.87. The molecule has 0 aromatic heterocycles. The summed E-state index contributed by atoms with van der Waals surface area (Å²) in [5, 5.41) is 5.07. The molecule has 3 heteroatoms. The molecule has 5 aromatic carbocycles. The van der Waals surface area contributed by atoms with Crippen LogP contribution in [0.5, 0.6) is 0 Å². The monoisotopic (exact) mass is 471 g/mol. The normalized spacial score (nSPS) is 15.2. The number of nitrogens with zero attached hydrogens (tertiary/aromatic N) is 1. The standard InChI is InChI=1S/C32H26NOP/c1-33-31(23-20-26-17-16-24-10-8-9-15-30(24)32(26)33)25-18-21-29(22-19-25)35(34,27-11-4-2-5-12-27)28-13-6-3-7-14-28/h2-23,31H,1H3. The number of hydrogen-bond acceptors (Lipinski definition) is 2. The number of anilines is 1. The molecule has 0 N–H and O–H groups in total. The first-order chi connectivity index (χ1) is 17.2. The van der Waals surface area contributed by atoms with Gasteiger partial charge in [0.05, 0.1) is 11.7 Å². The van der Waals surface area contributed by atoms with E-state index in [-0.39, 0.29) is 6.04 Å². The topological polar surface area (TPSA) is 20.3 Å². The lowest BCUT2D eigenvalue weighted by Gasteiger charge is -2.34. The summed E-state index contributed by atoms with van der Waals surface area (Å²) in [7, 11) is -0.810. The largest absolute Gasteiger partial charge is 0.363 e. The molecule has 6 rings (SSSR count). The molecule has 0 saturated carbocycles.